The SMILES string of the molecule is N[C@@H]1CC[C@@H]2C[C@@H]3CCCN2[C@@H]31. The minimum atomic E-state index is 0.494. The van der Waals surface area contributed by atoms with Crippen molar-refractivity contribution in [1.29, 1.82) is 0 Å². The highest BCUT2D eigenvalue weighted by Gasteiger charge is 2.48. The lowest BCUT2D eigenvalue weighted by Gasteiger charge is -2.42. The van der Waals surface area contributed by atoms with E-state index in [-0.39, 0.29) is 0 Å². The van der Waals surface area contributed by atoms with E-state index in [0.29, 0.717) is 6.04 Å². The fourth-order valence-electron chi connectivity index (χ4n) is 3.73. The predicted octanol–water partition coefficient (Wildman–Crippen LogP) is 0.960. The van der Waals surface area contributed by atoms with Gasteiger partial charge in [0.1, 0.15) is 0 Å². The van der Waals surface area contributed by atoms with Crippen molar-refractivity contribution < 1.29 is 0 Å². The molecule has 3 aliphatic heterocycles. The van der Waals surface area contributed by atoms with Gasteiger partial charge in [-0.05, 0) is 44.6 Å². The lowest BCUT2D eigenvalue weighted by Crippen LogP contribution is -2.54. The first kappa shape index (κ1) is 7.34. The number of piperidine rings is 2. The van der Waals surface area contributed by atoms with E-state index in [1.807, 2.05) is 0 Å². The molecule has 2 N–H and O–H groups in total. The van der Waals surface area contributed by atoms with Crippen LogP contribution in [0.25, 0.3) is 0 Å². The van der Waals surface area contributed by atoms with Crippen LogP contribution in [-0.2, 0) is 0 Å². The monoisotopic (exact) mass is 166 g/mol. The molecule has 3 aliphatic rings. The van der Waals surface area contributed by atoms with Crippen LogP contribution in [0.15, 0.2) is 0 Å². The van der Waals surface area contributed by atoms with Crippen molar-refractivity contribution >= 4 is 0 Å². The summed E-state index contributed by atoms with van der Waals surface area (Å²) < 4.78 is 0. The Balaban J connectivity index is 1.92. The molecule has 0 radical (unpaired) electrons. The van der Waals surface area contributed by atoms with E-state index in [9.17, 15) is 0 Å². The summed E-state index contributed by atoms with van der Waals surface area (Å²) in [5, 5.41) is 0. The first-order valence-electron chi connectivity index (χ1n) is 5.37. The molecule has 2 nitrogen and oxygen atoms in total. The zero-order valence-corrected chi connectivity index (χ0v) is 7.58. The van der Waals surface area contributed by atoms with Crippen LogP contribution in [0.3, 0.4) is 0 Å². The number of nitrogens with zero attached hydrogens (tertiary/aromatic N) is 1. The van der Waals surface area contributed by atoms with Gasteiger partial charge in [-0.25, -0.2) is 0 Å². The topological polar surface area (TPSA) is 29.3 Å². The second-order valence-electron chi connectivity index (χ2n) is 4.76. The van der Waals surface area contributed by atoms with Gasteiger partial charge in [0.05, 0.1) is 0 Å². The van der Waals surface area contributed by atoms with Crippen LogP contribution < -0.4 is 5.73 Å². The summed E-state index contributed by atoms with van der Waals surface area (Å²) in [5.74, 6) is 0.959. The van der Waals surface area contributed by atoms with Crippen molar-refractivity contribution in [2.75, 3.05) is 6.54 Å². The summed E-state index contributed by atoms with van der Waals surface area (Å²) in [7, 11) is 0. The second kappa shape index (κ2) is 2.46. The van der Waals surface area contributed by atoms with Gasteiger partial charge in [0.15, 0.2) is 0 Å². The van der Waals surface area contributed by atoms with Crippen LogP contribution >= 0.6 is 0 Å². The molecule has 0 aromatic heterocycles. The molecule has 12 heavy (non-hydrogen) atoms. The van der Waals surface area contributed by atoms with Gasteiger partial charge in [-0.2, -0.15) is 0 Å². The Hall–Kier alpha value is -0.0800. The Morgan fingerprint density at radius 1 is 1.17 bits per heavy atom. The molecule has 1 unspecified atom stereocenters. The van der Waals surface area contributed by atoms with E-state index < -0.39 is 0 Å². The van der Waals surface area contributed by atoms with Crippen molar-refractivity contribution in [3.05, 3.63) is 0 Å². The van der Waals surface area contributed by atoms with Crippen LogP contribution in [0, 0.1) is 5.92 Å². The maximum absolute atomic E-state index is 6.16. The quantitative estimate of drug-likeness (QED) is 0.581. The molecular formula is C10H18N2. The highest BCUT2D eigenvalue weighted by atomic mass is 15.3. The summed E-state index contributed by atoms with van der Waals surface area (Å²) in [6.07, 6.45) is 6.98. The van der Waals surface area contributed by atoms with E-state index in [1.54, 1.807) is 0 Å². The Kier molecular flexibility index (Phi) is 1.50. The first-order chi connectivity index (χ1) is 5.86. The van der Waals surface area contributed by atoms with Crippen molar-refractivity contribution in [3.8, 4) is 0 Å². The van der Waals surface area contributed by atoms with Gasteiger partial charge in [-0.15, -0.1) is 0 Å². The normalized spacial score (nSPS) is 57.2. The minimum Gasteiger partial charge on any atom is -0.326 e. The molecule has 4 bridgehead atoms. The Labute approximate surface area is 74.1 Å². The third kappa shape index (κ3) is 0.826. The van der Waals surface area contributed by atoms with E-state index in [0.717, 1.165) is 18.0 Å². The molecule has 2 heteroatoms. The Morgan fingerprint density at radius 3 is 2.92 bits per heavy atom. The van der Waals surface area contributed by atoms with Gasteiger partial charge in [-0.1, -0.05) is 0 Å². The summed E-state index contributed by atoms with van der Waals surface area (Å²) in [6.45, 7) is 1.33. The fourth-order valence-corrected chi connectivity index (χ4v) is 3.73. The molecule has 5 atom stereocenters. The van der Waals surface area contributed by atoms with E-state index >= 15 is 0 Å². The van der Waals surface area contributed by atoms with E-state index in [4.69, 9.17) is 5.73 Å². The molecule has 68 valence electrons. The molecule has 3 saturated heterocycles. The Bertz CT molecular complexity index is 192. The summed E-state index contributed by atoms with van der Waals surface area (Å²) in [5.41, 5.74) is 6.16. The smallest absolute Gasteiger partial charge is 0.0278 e. The fraction of sp³-hybridized carbons (Fsp3) is 1.00. The van der Waals surface area contributed by atoms with Crippen molar-refractivity contribution in [1.82, 2.24) is 4.90 Å². The molecule has 0 aliphatic carbocycles. The van der Waals surface area contributed by atoms with Crippen LogP contribution in [0.4, 0.5) is 0 Å². The molecule has 0 spiro atoms. The standard InChI is InChI=1S/C10H18N2/c11-9-4-3-8-6-7-2-1-5-12(8)10(7)9/h7-10H,1-6,11H2/t7-,8+,9+,10-/m0/s1. The molecule has 0 aromatic carbocycles. The Morgan fingerprint density at radius 2 is 2.08 bits per heavy atom. The molecule has 3 fully saturated rings. The van der Waals surface area contributed by atoms with Gasteiger partial charge >= 0.3 is 0 Å². The van der Waals surface area contributed by atoms with E-state index in [2.05, 4.69) is 4.90 Å². The first-order valence-corrected chi connectivity index (χ1v) is 5.37. The highest BCUT2D eigenvalue weighted by Crippen LogP contribution is 2.44. The van der Waals surface area contributed by atoms with E-state index in [1.165, 1.54) is 38.6 Å². The molecule has 0 saturated carbocycles. The zero-order valence-electron chi connectivity index (χ0n) is 7.58. The third-order valence-corrected chi connectivity index (χ3v) is 4.17. The summed E-state index contributed by atoms with van der Waals surface area (Å²) in [4.78, 5) is 2.71. The number of hydrogen-bond acceptors (Lipinski definition) is 2. The minimum absolute atomic E-state index is 0.494. The van der Waals surface area contributed by atoms with Crippen LogP contribution in [0.1, 0.15) is 32.1 Å². The highest BCUT2D eigenvalue weighted by molar-refractivity contribution is 5.04. The molecule has 0 amide bonds. The number of hydrogen-bond donors (Lipinski definition) is 1. The van der Waals surface area contributed by atoms with Gasteiger partial charge in [-0.3, -0.25) is 4.90 Å². The van der Waals surface area contributed by atoms with Crippen LogP contribution in [0.5, 0.6) is 0 Å². The zero-order chi connectivity index (χ0) is 8.13. The maximum Gasteiger partial charge on any atom is 0.0278 e. The maximum atomic E-state index is 6.16. The van der Waals surface area contributed by atoms with Gasteiger partial charge in [0, 0.05) is 18.1 Å². The molecular weight excluding hydrogens is 148 g/mol. The average molecular weight is 166 g/mol. The third-order valence-electron chi connectivity index (χ3n) is 4.17. The van der Waals surface area contributed by atoms with Gasteiger partial charge in [0.25, 0.3) is 0 Å². The van der Waals surface area contributed by atoms with Crippen molar-refractivity contribution in [3.63, 3.8) is 0 Å². The number of rotatable bonds is 0. The average Bonchev–Trinajstić information content (AvgIpc) is 2.24. The van der Waals surface area contributed by atoms with Crippen LogP contribution in [0.2, 0.25) is 0 Å². The van der Waals surface area contributed by atoms with Crippen molar-refractivity contribution in [2.45, 2.75) is 50.2 Å². The van der Waals surface area contributed by atoms with Gasteiger partial charge in [0.2, 0.25) is 0 Å². The molecule has 3 rings (SSSR count). The predicted molar refractivity (Wildman–Crippen MR) is 48.8 cm³/mol. The van der Waals surface area contributed by atoms with Crippen LogP contribution in [-0.4, -0.2) is 29.6 Å². The largest absolute Gasteiger partial charge is 0.326 e. The van der Waals surface area contributed by atoms with Gasteiger partial charge < -0.3 is 5.73 Å². The lowest BCUT2D eigenvalue weighted by molar-refractivity contribution is 0.0840. The molecule has 3 heterocycles. The summed E-state index contributed by atoms with van der Waals surface area (Å²) >= 11 is 0. The number of nitrogens with two attached hydrogens (primary N) is 1. The summed E-state index contributed by atoms with van der Waals surface area (Å²) in [6, 6.07) is 2.19. The molecule has 0 aromatic rings. The second-order valence-corrected chi connectivity index (χ2v) is 4.76. The van der Waals surface area contributed by atoms with Crippen molar-refractivity contribution in [2.24, 2.45) is 11.7 Å². The lowest BCUT2D eigenvalue weighted by atomic mass is 9.87.